The van der Waals surface area contributed by atoms with Gasteiger partial charge in [-0.05, 0) is 32.9 Å². The first-order chi connectivity index (χ1) is 13.2. The molecule has 0 aliphatic heterocycles. The van der Waals surface area contributed by atoms with Gasteiger partial charge in [0.1, 0.15) is 5.60 Å². The summed E-state index contributed by atoms with van der Waals surface area (Å²) in [5.41, 5.74) is 0.565. The molecule has 0 spiro atoms. The summed E-state index contributed by atoms with van der Waals surface area (Å²) in [6.07, 6.45) is 4.95. The fourth-order valence-corrected chi connectivity index (χ4v) is 2.53. The van der Waals surface area contributed by atoms with E-state index in [0.717, 1.165) is 0 Å². The molecule has 0 saturated heterocycles. The third kappa shape index (κ3) is 4.88. The molecule has 1 aromatic carbocycles. The second-order valence-corrected chi connectivity index (χ2v) is 6.86. The van der Waals surface area contributed by atoms with E-state index in [9.17, 15) is 14.4 Å². The lowest BCUT2D eigenvalue weighted by molar-refractivity contribution is -0.135. The van der Waals surface area contributed by atoms with Crippen LogP contribution in [0.3, 0.4) is 0 Å². The Hall–Kier alpha value is -3.35. The van der Waals surface area contributed by atoms with Crippen LogP contribution in [-0.4, -0.2) is 42.4 Å². The highest BCUT2D eigenvalue weighted by Gasteiger charge is 2.23. The van der Waals surface area contributed by atoms with Gasteiger partial charge in [-0.15, -0.1) is 0 Å². The number of carbonyl (C=O) groups excluding carboxylic acids is 3. The second-order valence-electron chi connectivity index (χ2n) is 6.86. The third-order valence-electron chi connectivity index (χ3n) is 3.69. The molecule has 0 amide bonds. The van der Waals surface area contributed by atoms with Crippen molar-refractivity contribution in [3.63, 3.8) is 0 Å². The van der Waals surface area contributed by atoms with Crippen molar-refractivity contribution in [3.8, 4) is 0 Å². The van der Waals surface area contributed by atoms with E-state index < -0.39 is 23.6 Å². The highest BCUT2D eigenvalue weighted by molar-refractivity contribution is 6.21. The van der Waals surface area contributed by atoms with Crippen LogP contribution in [0.15, 0.2) is 48.7 Å². The molecule has 7 heteroatoms. The first-order valence-corrected chi connectivity index (χ1v) is 8.56. The molecule has 2 aromatic rings. The number of fused-ring (bicyclic) bond motifs is 1. The summed E-state index contributed by atoms with van der Waals surface area (Å²) >= 11 is 0. The SMILES string of the molecule is COC(=O)/C=C\C=C(\C(=O)OC)c1cn(C(=O)OC(C)(C)C)c2ccccc12. The number of carbonyl (C=O) groups is 3. The van der Waals surface area contributed by atoms with Gasteiger partial charge in [-0.25, -0.2) is 14.4 Å². The van der Waals surface area contributed by atoms with Crippen molar-refractivity contribution in [2.45, 2.75) is 26.4 Å². The van der Waals surface area contributed by atoms with Gasteiger partial charge in [-0.2, -0.15) is 0 Å². The molecule has 148 valence electrons. The van der Waals surface area contributed by atoms with Crippen molar-refractivity contribution in [3.05, 3.63) is 54.3 Å². The molecule has 2 rings (SSSR count). The van der Waals surface area contributed by atoms with Crippen molar-refractivity contribution in [1.29, 1.82) is 0 Å². The van der Waals surface area contributed by atoms with Crippen LogP contribution in [0.2, 0.25) is 0 Å². The molecule has 0 unspecified atom stereocenters. The fraction of sp³-hybridized carbons (Fsp3) is 0.286. The van der Waals surface area contributed by atoms with Crippen LogP contribution < -0.4 is 0 Å². The Labute approximate surface area is 163 Å². The highest BCUT2D eigenvalue weighted by Crippen LogP contribution is 2.29. The number of nitrogens with zero attached hydrogens (tertiary/aromatic N) is 1. The number of benzene rings is 1. The van der Waals surface area contributed by atoms with E-state index in [1.54, 1.807) is 45.0 Å². The molecule has 0 N–H and O–H groups in total. The summed E-state index contributed by atoms with van der Waals surface area (Å²) in [5.74, 6) is -1.17. The summed E-state index contributed by atoms with van der Waals surface area (Å²) in [7, 11) is 2.51. The van der Waals surface area contributed by atoms with Crippen LogP contribution in [-0.2, 0) is 23.8 Å². The Morgan fingerprint density at radius 1 is 1.04 bits per heavy atom. The Morgan fingerprint density at radius 2 is 1.71 bits per heavy atom. The summed E-state index contributed by atoms with van der Waals surface area (Å²) in [6, 6.07) is 7.12. The van der Waals surface area contributed by atoms with Crippen molar-refractivity contribution >= 4 is 34.5 Å². The van der Waals surface area contributed by atoms with Gasteiger partial charge in [0, 0.05) is 23.2 Å². The lowest BCUT2D eigenvalue weighted by Gasteiger charge is -2.19. The minimum absolute atomic E-state index is 0.182. The quantitative estimate of drug-likeness (QED) is 0.345. The summed E-state index contributed by atoms with van der Waals surface area (Å²) < 4.78 is 16.2. The Balaban J connectivity index is 2.61. The molecular formula is C21H23NO6. The Kier molecular flexibility index (Phi) is 6.41. The van der Waals surface area contributed by atoms with Crippen LogP contribution in [0.1, 0.15) is 26.3 Å². The monoisotopic (exact) mass is 385 g/mol. The fourth-order valence-electron chi connectivity index (χ4n) is 2.53. The van der Waals surface area contributed by atoms with Crippen molar-refractivity contribution in [2.24, 2.45) is 0 Å². The van der Waals surface area contributed by atoms with Gasteiger partial charge in [-0.1, -0.05) is 24.3 Å². The van der Waals surface area contributed by atoms with Crippen LogP contribution in [0.25, 0.3) is 16.5 Å². The molecule has 0 aliphatic carbocycles. The van der Waals surface area contributed by atoms with E-state index in [1.165, 1.54) is 43.2 Å². The number of hydrogen-bond donors (Lipinski definition) is 0. The maximum Gasteiger partial charge on any atom is 0.419 e. The van der Waals surface area contributed by atoms with Crippen LogP contribution in [0, 0.1) is 0 Å². The van der Waals surface area contributed by atoms with Gasteiger partial charge < -0.3 is 14.2 Å². The number of rotatable bonds is 4. The maximum absolute atomic E-state index is 12.6. The van der Waals surface area contributed by atoms with Crippen LogP contribution in [0.4, 0.5) is 4.79 Å². The zero-order valence-corrected chi connectivity index (χ0v) is 16.5. The number of hydrogen-bond acceptors (Lipinski definition) is 6. The highest BCUT2D eigenvalue weighted by atomic mass is 16.6. The smallest absolute Gasteiger partial charge is 0.419 e. The lowest BCUT2D eigenvalue weighted by atomic mass is 10.0. The van der Waals surface area contributed by atoms with Crippen molar-refractivity contribution < 1.29 is 28.6 Å². The van der Waals surface area contributed by atoms with Gasteiger partial charge in [0.25, 0.3) is 0 Å². The zero-order valence-electron chi connectivity index (χ0n) is 16.5. The average molecular weight is 385 g/mol. The predicted octanol–water partition coefficient (Wildman–Crippen LogP) is 3.71. The number of aromatic nitrogens is 1. The van der Waals surface area contributed by atoms with Crippen LogP contribution >= 0.6 is 0 Å². The molecule has 0 saturated carbocycles. The number of methoxy groups -OCH3 is 2. The standard InChI is InChI=1S/C21H23NO6/c1-21(2,3)28-20(25)22-13-16(14-9-6-7-11-17(14)22)15(19(24)27-5)10-8-12-18(23)26-4/h6-13H,1-5H3/b12-8-,15-10+. The second kappa shape index (κ2) is 8.56. The summed E-state index contributed by atoms with van der Waals surface area (Å²) in [4.78, 5) is 36.3. The molecule has 0 atom stereocenters. The molecule has 0 fully saturated rings. The van der Waals surface area contributed by atoms with Gasteiger partial charge in [0.2, 0.25) is 0 Å². The largest absolute Gasteiger partial charge is 0.466 e. The van der Waals surface area contributed by atoms with Crippen molar-refractivity contribution in [1.82, 2.24) is 4.57 Å². The molecule has 0 bridgehead atoms. The zero-order chi connectivity index (χ0) is 20.9. The summed E-state index contributed by atoms with van der Waals surface area (Å²) in [5, 5.41) is 0.663. The third-order valence-corrected chi connectivity index (χ3v) is 3.69. The average Bonchev–Trinajstić information content (AvgIpc) is 3.02. The van der Waals surface area contributed by atoms with E-state index in [-0.39, 0.29) is 5.57 Å². The van der Waals surface area contributed by atoms with Gasteiger partial charge >= 0.3 is 18.0 Å². The minimum atomic E-state index is -0.674. The Bertz CT molecular complexity index is 959. The molecule has 1 heterocycles. The number of allylic oxidation sites excluding steroid dienone is 2. The van der Waals surface area contributed by atoms with E-state index >= 15 is 0 Å². The Morgan fingerprint density at radius 3 is 2.32 bits per heavy atom. The van der Waals surface area contributed by atoms with Crippen molar-refractivity contribution in [2.75, 3.05) is 14.2 Å². The number of para-hydroxylation sites is 1. The van der Waals surface area contributed by atoms with Gasteiger partial charge in [0.05, 0.1) is 25.3 Å². The molecule has 0 aliphatic rings. The van der Waals surface area contributed by atoms with E-state index in [0.29, 0.717) is 16.5 Å². The van der Waals surface area contributed by atoms with Gasteiger partial charge in [0.15, 0.2) is 0 Å². The number of esters is 2. The van der Waals surface area contributed by atoms with E-state index in [4.69, 9.17) is 9.47 Å². The molecule has 28 heavy (non-hydrogen) atoms. The van der Waals surface area contributed by atoms with Crippen LogP contribution in [0.5, 0.6) is 0 Å². The first-order valence-electron chi connectivity index (χ1n) is 8.56. The van der Waals surface area contributed by atoms with E-state index in [2.05, 4.69) is 4.74 Å². The summed E-state index contributed by atoms with van der Waals surface area (Å²) in [6.45, 7) is 5.32. The normalized spacial score (nSPS) is 12.2. The number of ether oxygens (including phenoxy) is 3. The lowest BCUT2D eigenvalue weighted by Crippen LogP contribution is -2.26. The predicted molar refractivity (Wildman–Crippen MR) is 105 cm³/mol. The maximum atomic E-state index is 12.6. The minimum Gasteiger partial charge on any atom is -0.466 e. The first kappa shape index (κ1) is 21.0. The molecule has 0 radical (unpaired) electrons. The molecular weight excluding hydrogens is 362 g/mol. The topological polar surface area (TPSA) is 83.8 Å². The molecule has 1 aromatic heterocycles. The molecule has 7 nitrogen and oxygen atoms in total. The van der Waals surface area contributed by atoms with E-state index in [1.807, 2.05) is 0 Å². The van der Waals surface area contributed by atoms with Gasteiger partial charge in [-0.3, -0.25) is 4.57 Å².